The molecular formula is C14H18N2OS. The number of pyridine rings is 1. The van der Waals surface area contributed by atoms with Gasteiger partial charge in [0.2, 0.25) is 0 Å². The Labute approximate surface area is 112 Å². The Morgan fingerprint density at radius 2 is 2.00 bits per heavy atom. The molecular weight excluding hydrogens is 244 g/mol. The first-order valence-corrected chi connectivity index (χ1v) is 6.86. The van der Waals surface area contributed by atoms with E-state index >= 15 is 0 Å². The average molecular weight is 262 g/mol. The third-order valence-corrected chi connectivity index (χ3v) is 4.05. The molecule has 2 aromatic rings. The molecule has 96 valence electrons. The quantitative estimate of drug-likeness (QED) is 0.920. The first-order chi connectivity index (χ1) is 8.39. The van der Waals surface area contributed by atoms with Gasteiger partial charge in [0.1, 0.15) is 5.01 Å². The van der Waals surface area contributed by atoms with Crippen molar-refractivity contribution < 1.29 is 5.11 Å². The van der Waals surface area contributed by atoms with Crippen LogP contribution >= 0.6 is 11.3 Å². The number of hydrogen-bond acceptors (Lipinski definition) is 4. The van der Waals surface area contributed by atoms with Gasteiger partial charge in [0.15, 0.2) is 0 Å². The van der Waals surface area contributed by atoms with E-state index in [1.165, 1.54) is 11.3 Å². The molecule has 18 heavy (non-hydrogen) atoms. The smallest absolute Gasteiger partial charge is 0.142 e. The summed E-state index contributed by atoms with van der Waals surface area (Å²) in [6.07, 6.45) is 1.76. The zero-order valence-corrected chi connectivity index (χ0v) is 12.0. The number of nitrogens with zero attached hydrogens (tertiary/aromatic N) is 2. The Morgan fingerprint density at radius 3 is 2.44 bits per heavy atom. The first-order valence-electron chi connectivity index (χ1n) is 6.04. The topological polar surface area (TPSA) is 46.0 Å². The Balaban J connectivity index is 2.53. The van der Waals surface area contributed by atoms with Gasteiger partial charge in [-0.3, -0.25) is 4.98 Å². The Hall–Kier alpha value is -1.26. The molecule has 1 N–H and O–H groups in total. The van der Waals surface area contributed by atoms with Gasteiger partial charge >= 0.3 is 0 Å². The molecule has 0 aliphatic rings. The monoisotopic (exact) mass is 262 g/mol. The lowest BCUT2D eigenvalue weighted by Gasteiger charge is -2.17. The second-order valence-electron chi connectivity index (χ2n) is 5.16. The van der Waals surface area contributed by atoms with Crippen LogP contribution < -0.4 is 0 Å². The van der Waals surface area contributed by atoms with E-state index in [0.29, 0.717) is 5.92 Å². The van der Waals surface area contributed by atoms with Gasteiger partial charge in [-0.15, -0.1) is 11.3 Å². The van der Waals surface area contributed by atoms with Gasteiger partial charge in [-0.05, 0) is 31.9 Å². The molecule has 0 spiro atoms. The summed E-state index contributed by atoms with van der Waals surface area (Å²) in [6.45, 7) is 7.78. The van der Waals surface area contributed by atoms with Crippen LogP contribution in [0.4, 0.5) is 0 Å². The molecule has 2 aromatic heterocycles. The highest BCUT2D eigenvalue weighted by molar-refractivity contribution is 7.15. The fourth-order valence-corrected chi connectivity index (χ4v) is 2.96. The third-order valence-electron chi connectivity index (χ3n) is 2.64. The summed E-state index contributed by atoms with van der Waals surface area (Å²) < 4.78 is 0. The molecule has 0 amide bonds. The zero-order valence-electron chi connectivity index (χ0n) is 11.1. The van der Waals surface area contributed by atoms with Crippen molar-refractivity contribution in [1.29, 1.82) is 0 Å². The van der Waals surface area contributed by atoms with Gasteiger partial charge < -0.3 is 5.11 Å². The maximum atomic E-state index is 10.2. The van der Waals surface area contributed by atoms with E-state index in [0.717, 1.165) is 21.3 Å². The molecule has 3 nitrogen and oxygen atoms in total. The summed E-state index contributed by atoms with van der Waals surface area (Å²) in [6, 6.07) is 5.77. The van der Waals surface area contributed by atoms with E-state index in [4.69, 9.17) is 0 Å². The summed E-state index contributed by atoms with van der Waals surface area (Å²) >= 11 is 1.52. The lowest BCUT2D eigenvalue weighted by Crippen LogP contribution is -2.16. The normalized spacial score (nSPS) is 12.1. The highest BCUT2D eigenvalue weighted by Crippen LogP contribution is 2.37. The molecule has 0 radical (unpaired) electrons. The summed E-state index contributed by atoms with van der Waals surface area (Å²) in [5, 5.41) is 11.1. The molecule has 0 saturated carbocycles. The molecule has 0 fully saturated rings. The van der Waals surface area contributed by atoms with Crippen LogP contribution in [0.15, 0.2) is 24.4 Å². The maximum Gasteiger partial charge on any atom is 0.142 e. The minimum atomic E-state index is -0.857. The van der Waals surface area contributed by atoms with E-state index < -0.39 is 5.60 Å². The van der Waals surface area contributed by atoms with Gasteiger partial charge in [-0.25, -0.2) is 4.98 Å². The van der Waals surface area contributed by atoms with Gasteiger partial charge in [0, 0.05) is 6.20 Å². The molecule has 0 aliphatic carbocycles. The largest absolute Gasteiger partial charge is 0.385 e. The number of aliphatic hydroxyl groups is 1. The Morgan fingerprint density at radius 1 is 1.28 bits per heavy atom. The van der Waals surface area contributed by atoms with Crippen LogP contribution in [0.5, 0.6) is 0 Å². The van der Waals surface area contributed by atoms with Crippen LogP contribution in [0.2, 0.25) is 0 Å². The lowest BCUT2D eigenvalue weighted by atomic mass is 10.0. The highest BCUT2D eigenvalue weighted by atomic mass is 32.1. The number of aromatic nitrogens is 2. The molecule has 0 bridgehead atoms. The lowest BCUT2D eigenvalue weighted by molar-refractivity contribution is 0.0811. The summed E-state index contributed by atoms with van der Waals surface area (Å²) in [4.78, 5) is 9.88. The molecule has 2 heterocycles. The fraction of sp³-hybridized carbons (Fsp3) is 0.429. The summed E-state index contributed by atoms with van der Waals surface area (Å²) in [7, 11) is 0. The van der Waals surface area contributed by atoms with Gasteiger partial charge in [-0.1, -0.05) is 19.9 Å². The zero-order chi connectivity index (χ0) is 13.3. The van der Waals surface area contributed by atoms with Crippen molar-refractivity contribution in [3.05, 3.63) is 35.0 Å². The fourth-order valence-electron chi connectivity index (χ4n) is 1.76. The Kier molecular flexibility index (Phi) is 3.50. The molecule has 0 atom stereocenters. The molecule has 4 heteroatoms. The Bertz CT molecular complexity index is 526. The van der Waals surface area contributed by atoms with Crippen molar-refractivity contribution in [2.75, 3.05) is 0 Å². The van der Waals surface area contributed by atoms with E-state index in [2.05, 4.69) is 23.8 Å². The standard InChI is InChI=1S/C14H18N2OS/c1-9(2)11-12(14(3,4)17)18-13(16-11)10-7-5-6-8-15-10/h5-9,17H,1-4H3. The van der Waals surface area contributed by atoms with Crippen LogP contribution in [0.3, 0.4) is 0 Å². The minimum absolute atomic E-state index is 0.292. The SMILES string of the molecule is CC(C)c1nc(-c2ccccn2)sc1C(C)(C)O. The van der Waals surface area contributed by atoms with Crippen molar-refractivity contribution in [3.8, 4) is 10.7 Å². The van der Waals surface area contributed by atoms with Crippen LogP contribution in [0, 0.1) is 0 Å². The van der Waals surface area contributed by atoms with Crippen LogP contribution in [-0.2, 0) is 5.60 Å². The molecule has 0 aromatic carbocycles. The second kappa shape index (κ2) is 4.78. The van der Waals surface area contributed by atoms with E-state index in [-0.39, 0.29) is 0 Å². The van der Waals surface area contributed by atoms with E-state index in [1.807, 2.05) is 18.2 Å². The van der Waals surface area contributed by atoms with Crippen molar-refractivity contribution in [2.24, 2.45) is 0 Å². The number of hydrogen-bond donors (Lipinski definition) is 1. The van der Waals surface area contributed by atoms with Crippen LogP contribution in [-0.4, -0.2) is 15.1 Å². The van der Waals surface area contributed by atoms with Gasteiger partial charge in [0.05, 0.1) is 21.9 Å². The van der Waals surface area contributed by atoms with Crippen molar-refractivity contribution >= 4 is 11.3 Å². The third kappa shape index (κ3) is 2.60. The number of rotatable bonds is 3. The average Bonchev–Trinajstić information content (AvgIpc) is 2.74. The highest BCUT2D eigenvalue weighted by Gasteiger charge is 2.26. The molecule has 0 saturated heterocycles. The second-order valence-corrected chi connectivity index (χ2v) is 6.16. The summed E-state index contributed by atoms with van der Waals surface area (Å²) in [5.74, 6) is 0.292. The van der Waals surface area contributed by atoms with E-state index in [1.54, 1.807) is 20.0 Å². The molecule has 0 aliphatic heterocycles. The van der Waals surface area contributed by atoms with E-state index in [9.17, 15) is 5.11 Å². The minimum Gasteiger partial charge on any atom is -0.385 e. The predicted molar refractivity (Wildman–Crippen MR) is 74.7 cm³/mol. The van der Waals surface area contributed by atoms with Crippen molar-refractivity contribution in [1.82, 2.24) is 9.97 Å². The van der Waals surface area contributed by atoms with Crippen LogP contribution in [0.25, 0.3) is 10.7 Å². The van der Waals surface area contributed by atoms with Crippen molar-refractivity contribution in [2.45, 2.75) is 39.2 Å². The van der Waals surface area contributed by atoms with Crippen LogP contribution in [0.1, 0.15) is 44.2 Å². The predicted octanol–water partition coefficient (Wildman–Crippen LogP) is 3.56. The molecule has 2 rings (SSSR count). The maximum absolute atomic E-state index is 10.2. The van der Waals surface area contributed by atoms with Crippen molar-refractivity contribution in [3.63, 3.8) is 0 Å². The summed E-state index contributed by atoms with van der Waals surface area (Å²) in [5.41, 5.74) is 0.970. The first kappa shape index (κ1) is 13.2. The van der Waals surface area contributed by atoms with Gasteiger partial charge in [0.25, 0.3) is 0 Å². The molecule has 0 unspecified atom stereocenters. The number of thiazole rings is 1. The van der Waals surface area contributed by atoms with Gasteiger partial charge in [-0.2, -0.15) is 0 Å².